The monoisotopic (exact) mass is 454 g/mol. The van der Waals surface area contributed by atoms with Gasteiger partial charge in [0, 0.05) is 10.0 Å². The van der Waals surface area contributed by atoms with Gasteiger partial charge in [0.1, 0.15) is 19.3 Å². The summed E-state index contributed by atoms with van der Waals surface area (Å²) in [6, 6.07) is 9.01. The number of hydrogen-bond donors (Lipinski definition) is 0. The van der Waals surface area contributed by atoms with Crippen molar-refractivity contribution in [3.63, 3.8) is 0 Å². The van der Waals surface area contributed by atoms with E-state index < -0.39 is 0 Å². The van der Waals surface area contributed by atoms with Crippen molar-refractivity contribution in [3.8, 4) is 11.5 Å². The van der Waals surface area contributed by atoms with Crippen LogP contribution in [0.4, 0.5) is 0 Å². The van der Waals surface area contributed by atoms with Gasteiger partial charge in [-0.25, -0.2) is 4.68 Å². The van der Waals surface area contributed by atoms with Crippen LogP contribution >= 0.6 is 39.1 Å². The van der Waals surface area contributed by atoms with Gasteiger partial charge in [0.05, 0.1) is 23.4 Å². The lowest BCUT2D eigenvalue weighted by Gasteiger charge is -2.13. The highest BCUT2D eigenvalue weighted by Crippen LogP contribution is 2.34. The Morgan fingerprint density at radius 3 is 2.58 bits per heavy atom. The molecule has 0 saturated carbocycles. The van der Waals surface area contributed by atoms with Gasteiger partial charge in [-0.2, -0.15) is 5.10 Å². The van der Waals surface area contributed by atoms with Crippen LogP contribution in [0.3, 0.4) is 0 Å². The zero-order valence-electron chi connectivity index (χ0n) is 13.6. The molecule has 0 amide bonds. The van der Waals surface area contributed by atoms with E-state index in [4.69, 9.17) is 32.7 Å². The highest BCUT2D eigenvalue weighted by molar-refractivity contribution is 9.10. The normalized spacial score (nSPS) is 11.1. The van der Waals surface area contributed by atoms with Gasteiger partial charge in [-0.3, -0.25) is 0 Å². The molecular weight excluding hydrogens is 443 g/mol. The second kappa shape index (κ2) is 8.53. The molecule has 0 spiro atoms. The zero-order chi connectivity index (χ0) is 18.5. The molecule has 3 aromatic rings. The molecule has 26 heavy (non-hydrogen) atoms. The van der Waals surface area contributed by atoms with Crippen LogP contribution in [-0.4, -0.2) is 28.2 Å². The molecule has 0 aliphatic rings. The molecule has 134 valence electrons. The van der Waals surface area contributed by atoms with Gasteiger partial charge in [-0.05, 0) is 45.8 Å². The van der Waals surface area contributed by atoms with Crippen LogP contribution in [-0.2, 0) is 6.61 Å². The Morgan fingerprint density at radius 2 is 1.88 bits per heavy atom. The maximum Gasteiger partial charge on any atom is 0.162 e. The summed E-state index contributed by atoms with van der Waals surface area (Å²) in [6.07, 6.45) is 4.66. The van der Waals surface area contributed by atoms with Crippen molar-refractivity contribution >= 4 is 45.3 Å². The van der Waals surface area contributed by atoms with Gasteiger partial charge in [-0.1, -0.05) is 29.3 Å². The first kappa shape index (κ1) is 18.7. The molecule has 0 radical (unpaired) electrons. The number of ether oxygens (including phenoxy) is 2. The van der Waals surface area contributed by atoms with Crippen LogP contribution in [0.15, 0.2) is 52.6 Å². The Balaban J connectivity index is 1.79. The van der Waals surface area contributed by atoms with Crippen LogP contribution in [0, 0.1) is 0 Å². The minimum Gasteiger partial charge on any atom is -0.493 e. The summed E-state index contributed by atoms with van der Waals surface area (Å²) >= 11 is 15.5. The van der Waals surface area contributed by atoms with E-state index in [0.717, 1.165) is 15.6 Å². The Bertz CT molecular complexity index is 933. The molecule has 0 aliphatic heterocycles. The maximum absolute atomic E-state index is 6.03. The molecule has 1 heterocycles. The Labute approximate surface area is 168 Å². The third-order valence-electron chi connectivity index (χ3n) is 3.40. The summed E-state index contributed by atoms with van der Waals surface area (Å²) in [5.74, 6) is 1.17. The fourth-order valence-corrected chi connectivity index (χ4v) is 2.84. The number of nitrogens with zero attached hydrogens (tertiary/aromatic N) is 4. The van der Waals surface area contributed by atoms with Crippen LogP contribution in [0.5, 0.6) is 11.5 Å². The fraction of sp³-hybridized carbons (Fsp3) is 0.118. The van der Waals surface area contributed by atoms with Crippen LogP contribution in [0.1, 0.15) is 11.1 Å². The molecule has 0 unspecified atom stereocenters. The predicted molar refractivity (Wildman–Crippen MR) is 105 cm³/mol. The van der Waals surface area contributed by atoms with E-state index in [1.165, 1.54) is 17.3 Å². The molecule has 3 rings (SSSR count). The number of methoxy groups -OCH3 is 1. The molecule has 2 aromatic carbocycles. The van der Waals surface area contributed by atoms with E-state index in [9.17, 15) is 0 Å². The number of aromatic nitrogens is 3. The zero-order valence-corrected chi connectivity index (χ0v) is 16.7. The minimum atomic E-state index is 0.327. The molecule has 0 fully saturated rings. The van der Waals surface area contributed by atoms with Crippen molar-refractivity contribution in [1.82, 2.24) is 14.9 Å². The third kappa shape index (κ3) is 4.55. The Morgan fingerprint density at radius 1 is 1.12 bits per heavy atom. The molecule has 0 atom stereocenters. The molecule has 0 saturated heterocycles. The van der Waals surface area contributed by atoms with Gasteiger partial charge >= 0.3 is 0 Å². The Kier molecular flexibility index (Phi) is 6.13. The lowest BCUT2D eigenvalue weighted by atomic mass is 10.2. The highest BCUT2D eigenvalue weighted by Gasteiger charge is 2.10. The van der Waals surface area contributed by atoms with Gasteiger partial charge in [0.25, 0.3) is 0 Å². The van der Waals surface area contributed by atoms with E-state index in [2.05, 4.69) is 31.2 Å². The SMILES string of the molecule is COc1cc(/C=N/n2cnnc2)c(Br)cc1OCc1ccc(Cl)c(Cl)c1. The highest BCUT2D eigenvalue weighted by atomic mass is 79.9. The largest absolute Gasteiger partial charge is 0.493 e. The van der Waals surface area contributed by atoms with E-state index in [-0.39, 0.29) is 0 Å². The van der Waals surface area contributed by atoms with Crippen molar-refractivity contribution in [2.24, 2.45) is 5.10 Å². The maximum atomic E-state index is 6.03. The van der Waals surface area contributed by atoms with Crippen molar-refractivity contribution in [2.45, 2.75) is 6.61 Å². The Hall–Kier alpha value is -2.09. The quantitative estimate of drug-likeness (QED) is 0.500. The van der Waals surface area contributed by atoms with Crippen molar-refractivity contribution in [1.29, 1.82) is 0 Å². The summed E-state index contributed by atoms with van der Waals surface area (Å²) in [6.45, 7) is 0.327. The molecular formula is C17H13BrCl2N4O2. The average molecular weight is 456 g/mol. The fourth-order valence-electron chi connectivity index (χ4n) is 2.10. The number of benzene rings is 2. The van der Waals surface area contributed by atoms with Gasteiger partial charge in [0.15, 0.2) is 11.5 Å². The number of hydrogen-bond acceptors (Lipinski definition) is 5. The van der Waals surface area contributed by atoms with E-state index in [1.54, 1.807) is 25.5 Å². The number of halogens is 3. The van der Waals surface area contributed by atoms with Crippen LogP contribution in [0.2, 0.25) is 10.0 Å². The third-order valence-corrected chi connectivity index (χ3v) is 4.82. The lowest BCUT2D eigenvalue weighted by Crippen LogP contribution is -1.99. The van der Waals surface area contributed by atoms with Crippen molar-refractivity contribution in [3.05, 3.63) is 68.6 Å². The summed E-state index contributed by atoms with van der Waals surface area (Å²) < 4.78 is 13.6. The second-order valence-electron chi connectivity index (χ2n) is 5.15. The minimum absolute atomic E-state index is 0.327. The first-order valence-electron chi connectivity index (χ1n) is 7.40. The summed E-state index contributed by atoms with van der Waals surface area (Å²) in [5.41, 5.74) is 1.72. The first-order chi connectivity index (χ1) is 12.6. The topological polar surface area (TPSA) is 61.5 Å². The summed E-state index contributed by atoms with van der Waals surface area (Å²) in [5, 5.41) is 12.6. The standard InChI is InChI=1S/C17H13BrCl2N4O2/c1-25-16-5-12(7-23-24-9-21-22-10-24)13(18)6-17(16)26-8-11-2-3-14(19)15(20)4-11/h2-7,9-10H,8H2,1H3/b23-7+. The average Bonchev–Trinajstić information content (AvgIpc) is 3.15. The lowest BCUT2D eigenvalue weighted by molar-refractivity contribution is 0.284. The van der Waals surface area contributed by atoms with E-state index in [1.807, 2.05) is 18.2 Å². The summed E-state index contributed by atoms with van der Waals surface area (Å²) in [4.78, 5) is 0. The molecule has 6 nitrogen and oxygen atoms in total. The molecule has 0 N–H and O–H groups in total. The second-order valence-corrected chi connectivity index (χ2v) is 6.82. The molecule has 0 aliphatic carbocycles. The van der Waals surface area contributed by atoms with Gasteiger partial charge in [-0.15, -0.1) is 10.2 Å². The van der Waals surface area contributed by atoms with Crippen LogP contribution < -0.4 is 9.47 Å². The van der Waals surface area contributed by atoms with Gasteiger partial charge in [0.2, 0.25) is 0 Å². The first-order valence-corrected chi connectivity index (χ1v) is 8.95. The molecule has 0 bridgehead atoms. The smallest absolute Gasteiger partial charge is 0.162 e. The van der Waals surface area contributed by atoms with Crippen molar-refractivity contribution in [2.75, 3.05) is 7.11 Å². The van der Waals surface area contributed by atoms with E-state index in [0.29, 0.717) is 28.2 Å². The number of rotatable bonds is 6. The van der Waals surface area contributed by atoms with Gasteiger partial charge < -0.3 is 9.47 Å². The predicted octanol–water partition coefficient (Wildman–Crippen LogP) is 4.82. The molecule has 1 aromatic heterocycles. The summed E-state index contributed by atoms with van der Waals surface area (Å²) in [7, 11) is 1.58. The van der Waals surface area contributed by atoms with Crippen LogP contribution in [0.25, 0.3) is 0 Å². The van der Waals surface area contributed by atoms with E-state index >= 15 is 0 Å². The van der Waals surface area contributed by atoms with Crippen molar-refractivity contribution < 1.29 is 9.47 Å². The molecule has 9 heteroatoms.